The third-order valence-electron chi connectivity index (χ3n) is 3.57. The third kappa shape index (κ3) is 4.56. The molecule has 23 heavy (non-hydrogen) atoms. The lowest BCUT2D eigenvalue weighted by Crippen LogP contribution is -2.31. The van der Waals surface area contributed by atoms with E-state index in [2.05, 4.69) is 0 Å². The molecule has 5 nitrogen and oxygen atoms in total. The molecule has 122 valence electrons. The van der Waals surface area contributed by atoms with E-state index in [1.54, 1.807) is 12.1 Å². The molecular weight excluding hydrogens is 314 g/mol. The SMILES string of the molecule is COc1ccc(S(=O)(=O)CC(Cc2ccccc2)C(N)=O)cc1. The summed E-state index contributed by atoms with van der Waals surface area (Å²) in [5.41, 5.74) is 6.27. The number of rotatable bonds is 7. The molecule has 0 heterocycles. The standard InChI is InChI=1S/C17H19NO4S/c1-22-15-7-9-16(10-8-15)23(20,21)12-14(17(18)19)11-13-5-3-2-4-6-13/h2-10,14H,11-12H2,1H3,(H2,18,19). The zero-order valence-corrected chi connectivity index (χ0v) is 13.6. The highest BCUT2D eigenvalue weighted by Gasteiger charge is 2.25. The van der Waals surface area contributed by atoms with Crippen LogP contribution in [0, 0.1) is 5.92 Å². The molecule has 0 bridgehead atoms. The van der Waals surface area contributed by atoms with Gasteiger partial charge in [-0.15, -0.1) is 0 Å². The topological polar surface area (TPSA) is 86.5 Å². The Morgan fingerprint density at radius 3 is 2.22 bits per heavy atom. The fourth-order valence-electron chi connectivity index (χ4n) is 2.28. The summed E-state index contributed by atoms with van der Waals surface area (Å²) in [6, 6.07) is 15.3. The number of methoxy groups -OCH3 is 1. The van der Waals surface area contributed by atoms with Gasteiger partial charge in [0.25, 0.3) is 0 Å². The lowest BCUT2D eigenvalue weighted by Gasteiger charge is -2.14. The van der Waals surface area contributed by atoms with E-state index in [-0.39, 0.29) is 10.6 Å². The van der Waals surface area contributed by atoms with Crippen molar-refractivity contribution in [1.29, 1.82) is 0 Å². The van der Waals surface area contributed by atoms with E-state index in [1.165, 1.54) is 19.2 Å². The van der Waals surface area contributed by atoms with Crippen molar-refractivity contribution in [2.45, 2.75) is 11.3 Å². The van der Waals surface area contributed by atoms with E-state index < -0.39 is 21.7 Å². The molecule has 0 saturated heterocycles. The van der Waals surface area contributed by atoms with Crippen LogP contribution in [0.5, 0.6) is 5.75 Å². The van der Waals surface area contributed by atoms with Gasteiger partial charge < -0.3 is 10.5 Å². The van der Waals surface area contributed by atoms with Gasteiger partial charge in [-0.25, -0.2) is 8.42 Å². The van der Waals surface area contributed by atoms with Gasteiger partial charge >= 0.3 is 0 Å². The van der Waals surface area contributed by atoms with Crippen molar-refractivity contribution in [3.8, 4) is 5.75 Å². The number of primary amides is 1. The van der Waals surface area contributed by atoms with Crippen molar-refractivity contribution < 1.29 is 17.9 Å². The molecule has 2 aromatic carbocycles. The van der Waals surface area contributed by atoms with Crippen LogP contribution in [-0.2, 0) is 21.1 Å². The molecule has 1 unspecified atom stereocenters. The summed E-state index contributed by atoms with van der Waals surface area (Å²) in [5, 5.41) is 0. The van der Waals surface area contributed by atoms with Crippen LogP contribution in [0.4, 0.5) is 0 Å². The summed E-state index contributed by atoms with van der Waals surface area (Å²) >= 11 is 0. The molecule has 0 radical (unpaired) electrons. The monoisotopic (exact) mass is 333 g/mol. The Hall–Kier alpha value is -2.34. The average molecular weight is 333 g/mol. The van der Waals surface area contributed by atoms with Crippen LogP contribution in [0.25, 0.3) is 0 Å². The molecule has 0 aliphatic rings. The van der Waals surface area contributed by atoms with E-state index >= 15 is 0 Å². The number of sulfone groups is 1. The van der Waals surface area contributed by atoms with Crippen molar-refractivity contribution in [2.24, 2.45) is 11.7 Å². The van der Waals surface area contributed by atoms with Crippen molar-refractivity contribution in [3.05, 3.63) is 60.2 Å². The minimum Gasteiger partial charge on any atom is -0.497 e. The lowest BCUT2D eigenvalue weighted by atomic mass is 10.0. The van der Waals surface area contributed by atoms with Gasteiger partial charge in [0.1, 0.15) is 5.75 Å². The van der Waals surface area contributed by atoms with Gasteiger partial charge in [-0.1, -0.05) is 30.3 Å². The second-order valence-electron chi connectivity index (χ2n) is 5.25. The fourth-order valence-corrected chi connectivity index (χ4v) is 3.84. The highest BCUT2D eigenvalue weighted by Crippen LogP contribution is 2.20. The molecule has 2 rings (SSSR count). The largest absolute Gasteiger partial charge is 0.497 e. The molecule has 0 fully saturated rings. The third-order valence-corrected chi connectivity index (χ3v) is 5.40. The first kappa shape index (κ1) is 17.0. The summed E-state index contributed by atoms with van der Waals surface area (Å²) in [6.45, 7) is 0. The van der Waals surface area contributed by atoms with Crippen LogP contribution in [0.15, 0.2) is 59.5 Å². The lowest BCUT2D eigenvalue weighted by molar-refractivity contribution is -0.121. The Kier molecular flexibility index (Phi) is 5.39. The minimum absolute atomic E-state index is 0.151. The molecule has 0 aliphatic carbocycles. The van der Waals surface area contributed by atoms with Gasteiger partial charge in [0.15, 0.2) is 9.84 Å². The summed E-state index contributed by atoms with van der Waals surface area (Å²) in [5.74, 6) is -1.14. The summed E-state index contributed by atoms with van der Waals surface area (Å²) in [6.07, 6.45) is 0.297. The Morgan fingerprint density at radius 2 is 1.70 bits per heavy atom. The van der Waals surface area contributed by atoms with E-state index in [1.807, 2.05) is 30.3 Å². The Labute approximate surface area is 136 Å². The zero-order valence-electron chi connectivity index (χ0n) is 12.8. The van der Waals surface area contributed by atoms with Gasteiger partial charge in [0, 0.05) is 0 Å². The predicted octanol–water partition coefficient (Wildman–Crippen LogP) is 1.81. The number of amides is 1. The first-order valence-electron chi connectivity index (χ1n) is 7.12. The van der Waals surface area contributed by atoms with Gasteiger partial charge in [0.2, 0.25) is 5.91 Å². The molecule has 0 spiro atoms. The minimum atomic E-state index is -3.61. The first-order valence-corrected chi connectivity index (χ1v) is 8.77. The van der Waals surface area contributed by atoms with Crippen LogP contribution < -0.4 is 10.5 Å². The number of hydrogen-bond donors (Lipinski definition) is 1. The smallest absolute Gasteiger partial charge is 0.221 e. The number of ether oxygens (including phenoxy) is 1. The highest BCUT2D eigenvalue weighted by molar-refractivity contribution is 7.91. The van der Waals surface area contributed by atoms with Gasteiger partial charge in [-0.2, -0.15) is 0 Å². The number of nitrogens with two attached hydrogens (primary N) is 1. The average Bonchev–Trinajstić information content (AvgIpc) is 2.55. The number of carbonyl (C=O) groups excluding carboxylic acids is 1. The van der Waals surface area contributed by atoms with Crippen molar-refractivity contribution in [3.63, 3.8) is 0 Å². The Bertz CT molecular complexity index is 755. The van der Waals surface area contributed by atoms with E-state index in [0.717, 1.165) is 5.56 Å². The predicted molar refractivity (Wildman–Crippen MR) is 87.9 cm³/mol. The quantitative estimate of drug-likeness (QED) is 0.837. The Morgan fingerprint density at radius 1 is 1.09 bits per heavy atom. The van der Waals surface area contributed by atoms with Crippen LogP contribution in [0.1, 0.15) is 5.56 Å². The maximum absolute atomic E-state index is 12.5. The molecule has 1 atom stereocenters. The van der Waals surface area contributed by atoms with Crippen LogP contribution in [-0.4, -0.2) is 27.2 Å². The maximum atomic E-state index is 12.5. The van der Waals surface area contributed by atoms with E-state index in [9.17, 15) is 13.2 Å². The summed E-state index contributed by atoms with van der Waals surface area (Å²) in [4.78, 5) is 11.8. The van der Waals surface area contributed by atoms with E-state index in [4.69, 9.17) is 10.5 Å². The van der Waals surface area contributed by atoms with Crippen LogP contribution in [0.3, 0.4) is 0 Å². The summed E-state index contributed by atoms with van der Waals surface area (Å²) in [7, 11) is -2.10. The van der Waals surface area contributed by atoms with Crippen LogP contribution in [0.2, 0.25) is 0 Å². The first-order chi connectivity index (χ1) is 10.9. The molecule has 1 amide bonds. The molecule has 0 aliphatic heterocycles. The maximum Gasteiger partial charge on any atom is 0.221 e. The molecule has 0 saturated carbocycles. The second kappa shape index (κ2) is 7.28. The van der Waals surface area contributed by atoms with Crippen molar-refractivity contribution in [1.82, 2.24) is 0 Å². The van der Waals surface area contributed by atoms with Crippen molar-refractivity contribution >= 4 is 15.7 Å². The molecular formula is C17H19NO4S. The zero-order chi connectivity index (χ0) is 16.9. The normalized spacial score (nSPS) is 12.6. The number of hydrogen-bond acceptors (Lipinski definition) is 4. The molecule has 0 aromatic heterocycles. The second-order valence-corrected chi connectivity index (χ2v) is 7.28. The van der Waals surface area contributed by atoms with E-state index in [0.29, 0.717) is 12.2 Å². The Balaban J connectivity index is 2.19. The van der Waals surface area contributed by atoms with Gasteiger partial charge in [0.05, 0.1) is 23.7 Å². The molecule has 2 N–H and O–H groups in total. The number of carbonyl (C=O) groups is 1. The molecule has 2 aromatic rings. The van der Waals surface area contributed by atoms with Crippen molar-refractivity contribution in [2.75, 3.05) is 12.9 Å². The summed E-state index contributed by atoms with van der Waals surface area (Å²) < 4.78 is 30.0. The highest BCUT2D eigenvalue weighted by atomic mass is 32.2. The molecule has 6 heteroatoms. The number of benzene rings is 2. The van der Waals surface area contributed by atoms with Gasteiger partial charge in [-0.3, -0.25) is 4.79 Å². The van der Waals surface area contributed by atoms with Crippen LogP contribution >= 0.6 is 0 Å². The van der Waals surface area contributed by atoms with Gasteiger partial charge in [-0.05, 0) is 36.2 Å². The fraction of sp³-hybridized carbons (Fsp3) is 0.235.